The summed E-state index contributed by atoms with van der Waals surface area (Å²) in [6.07, 6.45) is 0. The lowest BCUT2D eigenvalue weighted by molar-refractivity contribution is -0.384. The third-order valence-electron chi connectivity index (χ3n) is 4.44. The average Bonchev–Trinajstić information content (AvgIpc) is 2.80. The summed E-state index contributed by atoms with van der Waals surface area (Å²) in [6, 6.07) is 18.5. The van der Waals surface area contributed by atoms with E-state index >= 15 is 0 Å². The largest absolute Gasteiger partial charge is 0.497 e. The fourth-order valence-corrected chi connectivity index (χ4v) is 4.61. The Hall–Kier alpha value is -3.57. The monoisotopic (exact) mass is 487 g/mol. The highest BCUT2D eigenvalue weighted by atomic mass is 32.2. The summed E-state index contributed by atoms with van der Waals surface area (Å²) < 4.78 is 32.6. The van der Waals surface area contributed by atoms with Gasteiger partial charge in [-0.3, -0.25) is 19.6 Å². The van der Waals surface area contributed by atoms with Gasteiger partial charge in [0, 0.05) is 29.3 Å². The molecule has 3 rings (SSSR count). The minimum Gasteiger partial charge on any atom is -0.497 e. The number of hydrogen-bond acceptors (Lipinski definition) is 7. The normalized spacial score (nSPS) is 10.9. The zero-order valence-electron chi connectivity index (χ0n) is 17.6. The summed E-state index contributed by atoms with van der Waals surface area (Å²) in [7, 11) is -2.26. The lowest BCUT2D eigenvalue weighted by atomic mass is 10.2. The SMILES string of the molecule is COc1ccc(NS(=O)(=O)c2ccc(NC(=O)CSCc3ccc([N+](=O)[O-])cc3)cc2)cc1. The van der Waals surface area contributed by atoms with E-state index < -0.39 is 14.9 Å². The van der Waals surface area contributed by atoms with Gasteiger partial charge in [0.25, 0.3) is 15.7 Å². The third-order valence-corrected chi connectivity index (χ3v) is 6.84. The fraction of sp³-hybridized carbons (Fsp3) is 0.136. The lowest BCUT2D eigenvalue weighted by Gasteiger charge is -2.10. The molecule has 2 N–H and O–H groups in total. The van der Waals surface area contributed by atoms with Crippen molar-refractivity contribution in [1.82, 2.24) is 0 Å². The Morgan fingerprint density at radius 3 is 2.15 bits per heavy atom. The van der Waals surface area contributed by atoms with Gasteiger partial charge in [-0.05, 0) is 54.1 Å². The first-order valence-electron chi connectivity index (χ1n) is 9.65. The first kappa shape index (κ1) is 24.1. The molecule has 33 heavy (non-hydrogen) atoms. The van der Waals surface area contributed by atoms with Crippen molar-refractivity contribution < 1.29 is 22.9 Å². The second-order valence-electron chi connectivity index (χ2n) is 6.82. The molecule has 0 aliphatic heterocycles. The molecular formula is C22H21N3O6S2. The van der Waals surface area contributed by atoms with Crippen LogP contribution in [-0.4, -0.2) is 32.1 Å². The minimum atomic E-state index is -3.78. The summed E-state index contributed by atoms with van der Waals surface area (Å²) >= 11 is 1.36. The van der Waals surface area contributed by atoms with Crippen molar-refractivity contribution in [2.45, 2.75) is 10.6 Å². The molecule has 0 aliphatic rings. The van der Waals surface area contributed by atoms with Gasteiger partial charge >= 0.3 is 0 Å². The number of thioether (sulfide) groups is 1. The van der Waals surface area contributed by atoms with Crippen molar-refractivity contribution in [3.63, 3.8) is 0 Å². The van der Waals surface area contributed by atoms with Gasteiger partial charge < -0.3 is 10.1 Å². The molecule has 0 radical (unpaired) electrons. The van der Waals surface area contributed by atoms with Crippen LogP contribution >= 0.6 is 11.8 Å². The number of nitrogens with zero attached hydrogens (tertiary/aromatic N) is 1. The Morgan fingerprint density at radius 1 is 0.970 bits per heavy atom. The number of nitrogens with one attached hydrogen (secondary N) is 2. The van der Waals surface area contributed by atoms with E-state index in [0.29, 0.717) is 22.9 Å². The average molecular weight is 488 g/mol. The van der Waals surface area contributed by atoms with Crippen LogP contribution in [0.15, 0.2) is 77.7 Å². The van der Waals surface area contributed by atoms with Crippen LogP contribution in [-0.2, 0) is 20.6 Å². The molecule has 3 aromatic rings. The van der Waals surface area contributed by atoms with E-state index in [1.165, 1.54) is 55.3 Å². The first-order valence-corrected chi connectivity index (χ1v) is 12.3. The van der Waals surface area contributed by atoms with E-state index in [9.17, 15) is 23.3 Å². The van der Waals surface area contributed by atoms with E-state index in [2.05, 4.69) is 10.0 Å². The standard InChI is InChI=1S/C22H21N3O6S2/c1-31-20-10-4-18(5-11-20)24-33(29,30)21-12-6-17(7-13-21)23-22(26)15-32-14-16-2-8-19(9-3-16)25(27)28/h2-13,24H,14-15H2,1H3,(H,23,26). The highest BCUT2D eigenvalue weighted by Gasteiger charge is 2.14. The number of amides is 1. The van der Waals surface area contributed by atoms with Crippen LogP contribution in [0.5, 0.6) is 5.75 Å². The van der Waals surface area contributed by atoms with Gasteiger partial charge in [-0.1, -0.05) is 12.1 Å². The van der Waals surface area contributed by atoms with Crippen LogP contribution < -0.4 is 14.8 Å². The molecule has 3 aromatic carbocycles. The van der Waals surface area contributed by atoms with Gasteiger partial charge in [-0.2, -0.15) is 0 Å². The number of ether oxygens (including phenoxy) is 1. The van der Waals surface area contributed by atoms with E-state index in [4.69, 9.17) is 4.74 Å². The molecule has 0 saturated heterocycles. The Kier molecular flexibility index (Phi) is 7.91. The Labute approximate surface area is 195 Å². The number of carbonyl (C=O) groups is 1. The van der Waals surface area contributed by atoms with Gasteiger partial charge in [0.05, 0.1) is 22.7 Å². The lowest BCUT2D eigenvalue weighted by Crippen LogP contribution is -2.15. The van der Waals surface area contributed by atoms with Crippen molar-refractivity contribution in [2.24, 2.45) is 0 Å². The molecular weight excluding hydrogens is 466 g/mol. The second-order valence-corrected chi connectivity index (χ2v) is 9.49. The van der Waals surface area contributed by atoms with Crippen molar-refractivity contribution in [3.8, 4) is 5.75 Å². The molecule has 0 bridgehead atoms. The number of nitro groups is 1. The van der Waals surface area contributed by atoms with Gasteiger partial charge in [0.2, 0.25) is 5.91 Å². The zero-order valence-corrected chi connectivity index (χ0v) is 19.2. The maximum atomic E-state index is 12.6. The van der Waals surface area contributed by atoms with Gasteiger partial charge in [0.15, 0.2) is 0 Å². The first-order chi connectivity index (χ1) is 15.8. The summed E-state index contributed by atoms with van der Waals surface area (Å²) in [5.41, 5.74) is 1.76. The summed E-state index contributed by atoms with van der Waals surface area (Å²) in [4.78, 5) is 22.4. The van der Waals surface area contributed by atoms with Gasteiger partial charge in [0.1, 0.15) is 5.75 Å². The fourth-order valence-electron chi connectivity index (χ4n) is 2.76. The smallest absolute Gasteiger partial charge is 0.269 e. The van der Waals surface area contributed by atoms with Crippen molar-refractivity contribution in [2.75, 3.05) is 22.9 Å². The van der Waals surface area contributed by atoms with Crippen LogP contribution in [0.4, 0.5) is 17.1 Å². The quantitative estimate of drug-likeness (QED) is 0.323. The number of benzene rings is 3. The molecule has 0 unspecified atom stereocenters. The summed E-state index contributed by atoms with van der Waals surface area (Å²) in [6.45, 7) is 0. The molecule has 0 aliphatic carbocycles. The summed E-state index contributed by atoms with van der Waals surface area (Å²) in [5, 5.41) is 13.4. The number of non-ortho nitro benzene ring substituents is 1. The van der Waals surface area contributed by atoms with Crippen LogP contribution in [0.2, 0.25) is 0 Å². The highest BCUT2D eigenvalue weighted by Crippen LogP contribution is 2.21. The second kappa shape index (κ2) is 10.8. The molecule has 172 valence electrons. The molecule has 0 atom stereocenters. The molecule has 9 nitrogen and oxygen atoms in total. The molecule has 0 aromatic heterocycles. The van der Waals surface area contributed by atoms with Gasteiger partial charge in [-0.25, -0.2) is 8.42 Å². The molecule has 11 heteroatoms. The molecule has 1 amide bonds. The van der Waals surface area contributed by atoms with E-state index in [-0.39, 0.29) is 22.2 Å². The highest BCUT2D eigenvalue weighted by molar-refractivity contribution is 7.99. The Bertz CT molecular complexity index is 1210. The predicted molar refractivity (Wildman–Crippen MR) is 128 cm³/mol. The maximum Gasteiger partial charge on any atom is 0.269 e. The number of anilines is 2. The minimum absolute atomic E-state index is 0.0196. The van der Waals surface area contributed by atoms with Crippen molar-refractivity contribution in [1.29, 1.82) is 0 Å². The number of methoxy groups -OCH3 is 1. The number of carbonyl (C=O) groups excluding carboxylic acids is 1. The Balaban J connectivity index is 1.50. The molecule has 0 heterocycles. The maximum absolute atomic E-state index is 12.6. The number of nitro benzene ring substituents is 1. The Morgan fingerprint density at radius 2 is 1.58 bits per heavy atom. The zero-order chi connectivity index (χ0) is 23.8. The molecule has 0 spiro atoms. The number of rotatable bonds is 10. The third kappa shape index (κ3) is 6.96. The predicted octanol–water partition coefficient (Wildman–Crippen LogP) is 4.28. The van der Waals surface area contributed by atoms with Crippen LogP contribution in [0.3, 0.4) is 0 Å². The molecule has 0 saturated carbocycles. The van der Waals surface area contributed by atoms with Crippen LogP contribution in [0.1, 0.15) is 5.56 Å². The van der Waals surface area contributed by atoms with E-state index in [1.807, 2.05) is 0 Å². The van der Waals surface area contributed by atoms with E-state index in [0.717, 1.165) is 5.56 Å². The van der Waals surface area contributed by atoms with Gasteiger partial charge in [-0.15, -0.1) is 11.8 Å². The van der Waals surface area contributed by atoms with Crippen LogP contribution in [0, 0.1) is 10.1 Å². The van der Waals surface area contributed by atoms with Crippen molar-refractivity contribution in [3.05, 3.63) is 88.5 Å². The number of hydrogen-bond donors (Lipinski definition) is 2. The van der Waals surface area contributed by atoms with Crippen LogP contribution in [0.25, 0.3) is 0 Å². The molecule has 0 fully saturated rings. The van der Waals surface area contributed by atoms with E-state index in [1.54, 1.807) is 36.4 Å². The van der Waals surface area contributed by atoms with Crippen molar-refractivity contribution >= 4 is 44.8 Å². The topological polar surface area (TPSA) is 128 Å². The number of sulfonamides is 1. The summed E-state index contributed by atoms with van der Waals surface area (Å²) in [5.74, 6) is 1.08.